The number of carbonyl (C=O) groups excluding carboxylic acids is 1. The fourth-order valence-electron chi connectivity index (χ4n) is 3.93. The highest BCUT2D eigenvalue weighted by Gasteiger charge is 2.34. The molecule has 4 heteroatoms. The third-order valence-electron chi connectivity index (χ3n) is 5.72. The van der Waals surface area contributed by atoms with Crippen LogP contribution in [0.1, 0.15) is 36.6 Å². The molecule has 31 heavy (non-hydrogen) atoms. The van der Waals surface area contributed by atoms with Gasteiger partial charge in [0.15, 0.2) is 0 Å². The number of benzene rings is 3. The van der Waals surface area contributed by atoms with Gasteiger partial charge in [-0.15, -0.1) is 0 Å². The molecule has 1 aliphatic heterocycles. The lowest BCUT2D eigenvalue weighted by Gasteiger charge is -2.26. The molecule has 4 nitrogen and oxygen atoms in total. The quantitative estimate of drug-likeness (QED) is 0.525. The van der Waals surface area contributed by atoms with Gasteiger partial charge >= 0.3 is 0 Å². The number of nitrogens with zero attached hydrogens (tertiary/aromatic N) is 1. The van der Waals surface area contributed by atoms with E-state index in [9.17, 15) is 4.79 Å². The first-order chi connectivity index (χ1) is 15.1. The van der Waals surface area contributed by atoms with Gasteiger partial charge in [-0.2, -0.15) is 0 Å². The molecule has 0 unspecified atom stereocenters. The molecular weight excluding hydrogens is 384 g/mol. The lowest BCUT2D eigenvalue weighted by atomic mass is 10.0. The Morgan fingerprint density at radius 2 is 1.58 bits per heavy atom. The fourth-order valence-corrected chi connectivity index (χ4v) is 3.93. The van der Waals surface area contributed by atoms with Gasteiger partial charge in [-0.05, 0) is 72.0 Å². The second kappa shape index (κ2) is 9.09. The van der Waals surface area contributed by atoms with Crippen LogP contribution in [0.4, 0.5) is 11.4 Å². The zero-order valence-electron chi connectivity index (χ0n) is 18.3. The van der Waals surface area contributed by atoms with E-state index in [0.29, 0.717) is 5.70 Å². The molecule has 158 valence electrons. The van der Waals surface area contributed by atoms with E-state index in [1.165, 1.54) is 11.1 Å². The van der Waals surface area contributed by atoms with Crippen molar-refractivity contribution in [3.8, 4) is 5.75 Å². The predicted octanol–water partition coefficient (Wildman–Crippen LogP) is 5.90. The Bertz CT molecular complexity index is 1100. The van der Waals surface area contributed by atoms with Gasteiger partial charge < -0.3 is 10.1 Å². The van der Waals surface area contributed by atoms with Gasteiger partial charge in [0.2, 0.25) is 0 Å². The number of hydrogen-bond donors (Lipinski definition) is 1. The lowest BCUT2D eigenvalue weighted by molar-refractivity contribution is -0.114. The van der Waals surface area contributed by atoms with Gasteiger partial charge in [0, 0.05) is 11.4 Å². The minimum atomic E-state index is -0.192. The topological polar surface area (TPSA) is 41.6 Å². The summed E-state index contributed by atoms with van der Waals surface area (Å²) in [5.74, 6) is 0.766. The standard InChI is InChI=1S/C27H28N2O2/c1-4-19-8-6-10-22(16-19)28-25-18-26(21-12-14-24(31-3)15-13-21)29(27(25)30)23-11-7-9-20(5-2)17-23/h6-18,26,28H,4-5H2,1-3H3/t26-/m0/s1. The van der Waals surface area contributed by atoms with Crippen LogP contribution < -0.4 is 15.0 Å². The van der Waals surface area contributed by atoms with Crippen LogP contribution >= 0.6 is 0 Å². The summed E-state index contributed by atoms with van der Waals surface area (Å²) >= 11 is 0. The van der Waals surface area contributed by atoms with Gasteiger partial charge in [-0.25, -0.2) is 0 Å². The summed E-state index contributed by atoms with van der Waals surface area (Å²) in [4.78, 5) is 15.4. The molecule has 0 spiro atoms. The molecule has 0 radical (unpaired) electrons. The molecule has 0 aromatic heterocycles. The Hall–Kier alpha value is -3.53. The Kier molecular flexibility index (Phi) is 6.08. The Morgan fingerprint density at radius 1 is 0.903 bits per heavy atom. The summed E-state index contributed by atoms with van der Waals surface area (Å²) in [5.41, 5.74) is 5.90. The fraction of sp³-hybridized carbons (Fsp3) is 0.222. The predicted molar refractivity (Wildman–Crippen MR) is 127 cm³/mol. The molecule has 0 saturated heterocycles. The van der Waals surface area contributed by atoms with Gasteiger partial charge in [0.25, 0.3) is 5.91 Å². The van der Waals surface area contributed by atoms with Crippen molar-refractivity contribution in [2.45, 2.75) is 32.7 Å². The summed E-state index contributed by atoms with van der Waals surface area (Å²) in [6.07, 6.45) is 3.89. The molecule has 1 atom stereocenters. The van der Waals surface area contributed by atoms with E-state index in [4.69, 9.17) is 4.74 Å². The number of hydrogen-bond acceptors (Lipinski definition) is 3. The molecule has 4 rings (SSSR count). The van der Waals surface area contributed by atoms with Crippen LogP contribution in [0, 0.1) is 0 Å². The van der Waals surface area contributed by atoms with E-state index in [0.717, 1.165) is 35.5 Å². The van der Waals surface area contributed by atoms with E-state index in [1.807, 2.05) is 59.5 Å². The van der Waals surface area contributed by atoms with E-state index in [2.05, 4.69) is 43.4 Å². The van der Waals surface area contributed by atoms with Crippen LogP contribution in [-0.2, 0) is 17.6 Å². The van der Waals surface area contributed by atoms with Crippen LogP contribution in [0.25, 0.3) is 0 Å². The maximum atomic E-state index is 13.5. The molecule has 1 amide bonds. The molecule has 0 aliphatic carbocycles. The van der Waals surface area contributed by atoms with Gasteiger partial charge in [-0.3, -0.25) is 9.69 Å². The number of anilines is 2. The maximum absolute atomic E-state index is 13.5. The summed E-state index contributed by atoms with van der Waals surface area (Å²) in [5, 5.41) is 3.36. The van der Waals surface area contributed by atoms with Crippen LogP contribution in [-0.4, -0.2) is 13.0 Å². The van der Waals surface area contributed by atoms with Crippen molar-refractivity contribution in [1.29, 1.82) is 0 Å². The minimum absolute atomic E-state index is 0.0315. The van der Waals surface area contributed by atoms with Crippen molar-refractivity contribution in [2.24, 2.45) is 0 Å². The average molecular weight is 413 g/mol. The number of aryl methyl sites for hydroxylation is 2. The first-order valence-electron chi connectivity index (χ1n) is 10.8. The normalized spacial score (nSPS) is 15.7. The maximum Gasteiger partial charge on any atom is 0.275 e. The number of nitrogens with one attached hydrogen (secondary N) is 1. The monoisotopic (exact) mass is 412 g/mol. The molecule has 0 fully saturated rings. The highest BCUT2D eigenvalue weighted by atomic mass is 16.5. The van der Waals surface area contributed by atoms with Crippen molar-refractivity contribution < 1.29 is 9.53 Å². The molecule has 0 bridgehead atoms. The SMILES string of the molecule is CCc1cccc(NC2=C[C@@H](c3ccc(OC)cc3)N(c3cccc(CC)c3)C2=O)c1. The van der Waals surface area contributed by atoms with Crippen molar-refractivity contribution in [2.75, 3.05) is 17.3 Å². The number of methoxy groups -OCH3 is 1. The smallest absolute Gasteiger partial charge is 0.275 e. The zero-order valence-corrected chi connectivity index (χ0v) is 18.3. The Balaban J connectivity index is 1.72. The van der Waals surface area contributed by atoms with Crippen molar-refractivity contribution in [3.63, 3.8) is 0 Å². The molecule has 0 saturated carbocycles. The van der Waals surface area contributed by atoms with E-state index in [1.54, 1.807) is 7.11 Å². The van der Waals surface area contributed by atoms with E-state index >= 15 is 0 Å². The van der Waals surface area contributed by atoms with Gasteiger partial charge in [-0.1, -0.05) is 50.2 Å². The Labute approximate surface area is 184 Å². The molecule has 3 aromatic carbocycles. The van der Waals surface area contributed by atoms with Crippen molar-refractivity contribution in [1.82, 2.24) is 0 Å². The number of ether oxygens (including phenoxy) is 1. The third kappa shape index (κ3) is 4.33. The highest BCUT2D eigenvalue weighted by Crippen LogP contribution is 2.37. The second-order valence-electron chi connectivity index (χ2n) is 7.68. The zero-order chi connectivity index (χ0) is 21.8. The molecule has 1 N–H and O–H groups in total. The molecule has 1 aliphatic rings. The number of carbonyl (C=O) groups is 1. The van der Waals surface area contributed by atoms with Crippen molar-refractivity contribution >= 4 is 17.3 Å². The molecule has 3 aromatic rings. The molecule has 1 heterocycles. The van der Waals surface area contributed by atoms with Crippen LogP contribution in [0.2, 0.25) is 0 Å². The number of rotatable bonds is 7. The molecular formula is C27H28N2O2. The average Bonchev–Trinajstić information content (AvgIpc) is 3.15. The minimum Gasteiger partial charge on any atom is -0.497 e. The van der Waals surface area contributed by atoms with Crippen LogP contribution in [0.15, 0.2) is 84.6 Å². The summed E-state index contributed by atoms with van der Waals surface area (Å²) in [6.45, 7) is 4.25. The summed E-state index contributed by atoms with van der Waals surface area (Å²) in [6, 6.07) is 24.1. The largest absolute Gasteiger partial charge is 0.497 e. The Morgan fingerprint density at radius 3 is 2.26 bits per heavy atom. The van der Waals surface area contributed by atoms with Gasteiger partial charge in [0.05, 0.1) is 13.2 Å². The highest BCUT2D eigenvalue weighted by molar-refractivity contribution is 6.11. The first-order valence-corrected chi connectivity index (χ1v) is 10.8. The van der Waals surface area contributed by atoms with Crippen LogP contribution in [0.3, 0.4) is 0 Å². The van der Waals surface area contributed by atoms with E-state index in [-0.39, 0.29) is 11.9 Å². The van der Waals surface area contributed by atoms with Crippen molar-refractivity contribution in [3.05, 3.63) is 101 Å². The second-order valence-corrected chi connectivity index (χ2v) is 7.68. The van der Waals surface area contributed by atoms with E-state index < -0.39 is 0 Å². The lowest BCUT2D eigenvalue weighted by Crippen LogP contribution is -2.30. The summed E-state index contributed by atoms with van der Waals surface area (Å²) in [7, 11) is 1.66. The third-order valence-corrected chi connectivity index (χ3v) is 5.72. The first kappa shape index (κ1) is 20.7. The van der Waals surface area contributed by atoms with Gasteiger partial charge in [0.1, 0.15) is 11.4 Å². The number of amides is 1. The van der Waals surface area contributed by atoms with Crippen LogP contribution in [0.5, 0.6) is 5.75 Å². The summed E-state index contributed by atoms with van der Waals surface area (Å²) < 4.78 is 5.31.